The molecule has 1 atom stereocenters. The normalized spacial score (nSPS) is 11.9. The molecular weight excluding hydrogens is 222 g/mol. The van der Waals surface area contributed by atoms with E-state index in [0.29, 0.717) is 6.42 Å². The Morgan fingerprint density at radius 2 is 2.00 bits per heavy atom. The molecule has 0 fully saturated rings. The van der Waals surface area contributed by atoms with Gasteiger partial charge in [0.2, 0.25) is 0 Å². The van der Waals surface area contributed by atoms with Crippen LogP contribution in [0.1, 0.15) is 17.9 Å². The van der Waals surface area contributed by atoms with Gasteiger partial charge in [0.1, 0.15) is 5.92 Å². The van der Waals surface area contributed by atoms with Gasteiger partial charge in [-0.1, -0.05) is 24.3 Å². The molecule has 18 heavy (non-hydrogen) atoms. The Morgan fingerprint density at radius 1 is 1.28 bits per heavy atom. The zero-order valence-electron chi connectivity index (χ0n) is 9.93. The number of rotatable bonds is 4. The molecule has 0 aliphatic rings. The Bertz CT molecular complexity index is 626. The summed E-state index contributed by atoms with van der Waals surface area (Å²) in [6.45, 7) is 3.81. The minimum Gasteiger partial charge on any atom is -0.361 e. The third-order valence-corrected chi connectivity index (χ3v) is 3.11. The summed E-state index contributed by atoms with van der Waals surface area (Å²) in [7, 11) is 0. The molecule has 1 N–H and O–H groups in total. The van der Waals surface area contributed by atoms with Gasteiger partial charge in [-0.2, -0.15) is 10.5 Å². The van der Waals surface area contributed by atoms with E-state index in [0.717, 1.165) is 16.5 Å². The minimum absolute atomic E-state index is 0.0189. The van der Waals surface area contributed by atoms with Crippen LogP contribution < -0.4 is 0 Å². The maximum atomic E-state index is 8.87. The number of nitriles is 2. The lowest BCUT2D eigenvalue weighted by molar-refractivity contribution is 0.671. The van der Waals surface area contributed by atoms with Gasteiger partial charge >= 0.3 is 0 Å². The van der Waals surface area contributed by atoms with Gasteiger partial charge in [-0.15, -0.1) is 6.58 Å². The first-order chi connectivity index (χ1) is 8.80. The fourth-order valence-corrected chi connectivity index (χ4v) is 2.14. The lowest BCUT2D eigenvalue weighted by Crippen LogP contribution is -2.02. The zero-order chi connectivity index (χ0) is 13.0. The number of nitrogens with zero attached hydrogens (tertiary/aromatic N) is 2. The summed E-state index contributed by atoms with van der Waals surface area (Å²) in [6.07, 6.45) is 4.22. The summed E-state index contributed by atoms with van der Waals surface area (Å²) in [5.41, 5.74) is 2.15. The molecule has 3 heteroatoms. The number of aromatic nitrogens is 1. The second kappa shape index (κ2) is 5.21. The number of nitrogens with one attached hydrogen (secondary N) is 1. The highest BCUT2D eigenvalue weighted by Gasteiger charge is 2.17. The van der Waals surface area contributed by atoms with Crippen LogP contribution >= 0.6 is 0 Å². The first-order valence-electron chi connectivity index (χ1n) is 5.78. The average molecular weight is 235 g/mol. The standard InChI is InChI=1S/C15H13N3/c1-2-12(7-11(8-16)9-17)14-10-18-15-6-4-3-5-13(14)15/h2-6,10-12,18H,1,7H2. The topological polar surface area (TPSA) is 63.4 Å². The Kier molecular flexibility index (Phi) is 3.46. The molecule has 2 rings (SSSR count). The molecule has 0 radical (unpaired) electrons. The summed E-state index contributed by atoms with van der Waals surface area (Å²) >= 11 is 0. The molecule has 1 unspecified atom stereocenters. The van der Waals surface area contributed by atoms with Gasteiger partial charge in [-0.3, -0.25) is 0 Å². The molecule has 88 valence electrons. The van der Waals surface area contributed by atoms with Crippen LogP contribution in [-0.2, 0) is 0 Å². The number of fused-ring (bicyclic) bond motifs is 1. The van der Waals surface area contributed by atoms with Crippen LogP contribution in [0.3, 0.4) is 0 Å². The number of aromatic amines is 1. The van der Waals surface area contributed by atoms with E-state index in [-0.39, 0.29) is 5.92 Å². The predicted molar refractivity (Wildman–Crippen MR) is 70.6 cm³/mol. The fourth-order valence-electron chi connectivity index (χ4n) is 2.14. The SMILES string of the molecule is C=CC(CC(C#N)C#N)c1c[nH]c2ccccc12. The van der Waals surface area contributed by atoms with Gasteiger partial charge in [0.25, 0.3) is 0 Å². The molecule has 0 aliphatic carbocycles. The third-order valence-electron chi connectivity index (χ3n) is 3.11. The van der Waals surface area contributed by atoms with E-state index in [1.165, 1.54) is 0 Å². The maximum Gasteiger partial charge on any atom is 0.134 e. The molecule has 3 nitrogen and oxygen atoms in total. The van der Waals surface area contributed by atoms with Crippen LogP contribution in [-0.4, -0.2) is 4.98 Å². The quantitative estimate of drug-likeness (QED) is 0.824. The van der Waals surface area contributed by atoms with Crippen LogP contribution in [0.15, 0.2) is 43.1 Å². The van der Waals surface area contributed by atoms with Gasteiger partial charge in [-0.25, -0.2) is 0 Å². The van der Waals surface area contributed by atoms with Gasteiger partial charge in [-0.05, 0) is 18.1 Å². The van der Waals surface area contributed by atoms with Gasteiger partial charge in [0.05, 0.1) is 12.1 Å². The molecule has 1 aromatic heterocycles. The van der Waals surface area contributed by atoms with E-state index in [1.54, 1.807) is 6.08 Å². The smallest absolute Gasteiger partial charge is 0.134 e. The largest absolute Gasteiger partial charge is 0.361 e. The molecular formula is C15H13N3. The first kappa shape index (κ1) is 12.0. The van der Waals surface area contributed by atoms with Crippen LogP contribution in [0.4, 0.5) is 0 Å². The van der Waals surface area contributed by atoms with E-state index in [1.807, 2.05) is 42.6 Å². The monoisotopic (exact) mass is 235 g/mol. The number of benzene rings is 1. The van der Waals surface area contributed by atoms with E-state index in [9.17, 15) is 0 Å². The Morgan fingerprint density at radius 3 is 2.67 bits per heavy atom. The number of para-hydroxylation sites is 1. The highest BCUT2D eigenvalue weighted by molar-refractivity contribution is 5.83. The molecule has 0 saturated heterocycles. The molecule has 1 heterocycles. The van der Waals surface area contributed by atoms with Crippen molar-refractivity contribution < 1.29 is 0 Å². The predicted octanol–water partition coefficient (Wildman–Crippen LogP) is 3.49. The first-order valence-corrected chi connectivity index (χ1v) is 5.78. The molecule has 0 amide bonds. The molecule has 2 aromatic rings. The van der Waals surface area contributed by atoms with Gasteiger partial charge in [0.15, 0.2) is 0 Å². The summed E-state index contributed by atoms with van der Waals surface area (Å²) < 4.78 is 0. The highest BCUT2D eigenvalue weighted by atomic mass is 14.7. The molecule has 0 spiro atoms. The Balaban J connectivity index is 2.37. The lowest BCUT2D eigenvalue weighted by Gasteiger charge is -2.11. The van der Waals surface area contributed by atoms with Crippen molar-refractivity contribution in [1.29, 1.82) is 10.5 Å². The molecule has 1 aromatic carbocycles. The molecule has 0 aliphatic heterocycles. The van der Waals surface area contributed by atoms with Crippen LogP contribution in [0.5, 0.6) is 0 Å². The van der Waals surface area contributed by atoms with Gasteiger partial charge < -0.3 is 4.98 Å². The van der Waals surface area contributed by atoms with Crippen molar-refractivity contribution in [2.45, 2.75) is 12.3 Å². The van der Waals surface area contributed by atoms with E-state index in [2.05, 4.69) is 11.6 Å². The Labute approximate surface area is 106 Å². The van der Waals surface area contributed by atoms with Crippen LogP contribution in [0, 0.1) is 28.6 Å². The summed E-state index contributed by atoms with van der Waals surface area (Å²) in [5, 5.41) is 18.9. The number of hydrogen-bond donors (Lipinski definition) is 1. The number of H-pyrrole nitrogens is 1. The highest BCUT2D eigenvalue weighted by Crippen LogP contribution is 2.30. The summed E-state index contributed by atoms with van der Waals surface area (Å²) in [4.78, 5) is 3.20. The third kappa shape index (κ3) is 2.12. The fraction of sp³-hybridized carbons (Fsp3) is 0.200. The van der Waals surface area contributed by atoms with Crippen molar-refractivity contribution in [3.8, 4) is 12.1 Å². The van der Waals surface area contributed by atoms with E-state index >= 15 is 0 Å². The maximum absolute atomic E-state index is 8.87. The minimum atomic E-state index is -0.596. The second-order valence-electron chi connectivity index (χ2n) is 4.18. The zero-order valence-corrected chi connectivity index (χ0v) is 9.93. The molecule has 0 saturated carbocycles. The number of hydrogen-bond acceptors (Lipinski definition) is 2. The van der Waals surface area contributed by atoms with Crippen LogP contribution in [0.25, 0.3) is 10.9 Å². The molecule has 0 bridgehead atoms. The van der Waals surface area contributed by atoms with Crippen molar-refractivity contribution >= 4 is 10.9 Å². The van der Waals surface area contributed by atoms with Crippen molar-refractivity contribution in [2.24, 2.45) is 5.92 Å². The average Bonchev–Trinajstić information content (AvgIpc) is 2.84. The van der Waals surface area contributed by atoms with Crippen molar-refractivity contribution in [3.63, 3.8) is 0 Å². The lowest BCUT2D eigenvalue weighted by atomic mass is 9.90. The second-order valence-corrected chi connectivity index (χ2v) is 4.18. The van der Waals surface area contributed by atoms with Gasteiger partial charge in [0, 0.05) is 23.0 Å². The van der Waals surface area contributed by atoms with Crippen molar-refractivity contribution in [2.75, 3.05) is 0 Å². The van der Waals surface area contributed by atoms with E-state index in [4.69, 9.17) is 10.5 Å². The van der Waals surface area contributed by atoms with Crippen molar-refractivity contribution in [3.05, 3.63) is 48.7 Å². The summed E-state index contributed by atoms with van der Waals surface area (Å²) in [5.74, 6) is -0.577. The van der Waals surface area contributed by atoms with E-state index < -0.39 is 5.92 Å². The summed E-state index contributed by atoms with van der Waals surface area (Å²) in [6, 6.07) is 12.0. The Hall–Kier alpha value is -2.52. The number of allylic oxidation sites excluding steroid dienone is 1. The van der Waals surface area contributed by atoms with Crippen LogP contribution in [0.2, 0.25) is 0 Å². The van der Waals surface area contributed by atoms with Crippen molar-refractivity contribution in [1.82, 2.24) is 4.98 Å².